The summed E-state index contributed by atoms with van der Waals surface area (Å²) < 4.78 is 4.28. The molecule has 0 unspecified atom stereocenters. The second-order valence-corrected chi connectivity index (χ2v) is 5.72. The molecular weight excluding hydrogens is 248 g/mol. The molecule has 2 heterocycles. The molecule has 2 aromatic rings. The first-order valence-electron chi connectivity index (χ1n) is 7.89. The van der Waals surface area contributed by atoms with E-state index >= 15 is 0 Å². The Kier molecular flexibility index (Phi) is 3.90. The van der Waals surface area contributed by atoms with Crippen molar-refractivity contribution in [1.29, 1.82) is 0 Å². The van der Waals surface area contributed by atoms with Crippen molar-refractivity contribution in [2.45, 2.75) is 65.0 Å². The average molecular weight is 272 g/mol. The summed E-state index contributed by atoms with van der Waals surface area (Å²) in [7, 11) is 0. The van der Waals surface area contributed by atoms with Gasteiger partial charge in [-0.1, -0.05) is 26.7 Å². The van der Waals surface area contributed by atoms with Crippen LogP contribution in [0.1, 0.15) is 62.7 Å². The van der Waals surface area contributed by atoms with Gasteiger partial charge in [0.1, 0.15) is 0 Å². The van der Waals surface area contributed by atoms with Crippen molar-refractivity contribution in [3.05, 3.63) is 35.4 Å². The summed E-state index contributed by atoms with van der Waals surface area (Å²) >= 11 is 0. The van der Waals surface area contributed by atoms with Crippen LogP contribution in [-0.2, 0) is 19.4 Å². The van der Waals surface area contributed by atoms with Crippen molar-refractivity contribution in [1.82, 2.24) is 19.6 Å². The van der Waals surface area contributed by atoms with Crippen molar-refractivity contribution in [2.24, 2.45) is 0 Å². The van der Waals surface area contributed by atoms with Crippen LogP contribution in [0.4, 0.5) is 0 Å². The van der Waals surface area contributed by atoms with Crippen LogP contribution in [-0.4, -0.2) is 19.6 Å². The van der Waals surface area contributed by atoms with E-state index < -0.39 is 0 Å². The molecule has 0 N–H and O–H groups in total. The lowest BCUT2D eigenvalue weighted by Gasteiger charge is -2.09. The summed E-state index contributed by atoms with van der Waals surface area (Å²) in [5.74, 6) is 0. The van der Waals surface area contributed by atoms with Crippen LogP contribution in [0.2, 0.25) is 0 Å². The largest absolute Gasteiger partial charge is 0.269 e. The molecule has 0 saturated heterocycles. The van der Waals surface area contributed by atoms with Gasteiger partial charge in [-0.3, -0.25) is 9.36 Å². The summed E-state index contributed by atoms with van der Waals surface area (Å²) in [5, 5.41) is 9.42. The smallest absolute Gasteiger partial charge is 0.0853 e. The standard InChI is InChI=1S/C16H24N4/c1-3-13-11-15(4-2)20(17-13)12-14-9-10-19(18-14)16-7-5-6-8-16/h9-11,16H,3-8,12H2,1-2H3. The van der Waals surface area contributed by atoms with Crippen LogP contribution in [0.25, 0.3) is 0 Å². The van der Waals surface area contributed by atoms with E-state index in [0.29, 0.717) is 6.04 Å². The maximum atomic E-state index is 4.75. The molecule has 4 heteroatoms. The molecule has 2 aromatic heterocycles. The highest BCUT2D eigenvalue weighted by Crippen LogP contribution is 2.28. The molecule has 0 aromatic carbocycles. The minimum atomic E-state index is 0.623. The van der Waals surface area contributed by atoms with Crippen LogP contribution >= 0.6 is 0 Å². The summed E-state index contributed by atoms with van der Waals surface area (Å²) in [6, 6.07) is 4.98. The lowest BCUT2D eigenvalue weighted by molar-refractivity contribution is 0.460. The highest BCUT2D eigenvalue weighted by atomic mass is 15.3. The summed E-state index contributed by atoms with van der Waals surface area (Å²) in [4.78, 5) is 0. The third-order valence-electron chi connectivity index (χ3n) is 4.31. The Morgan fingerprint density at radius 2 is 1.90 bits per heavy atom. The molecular formula is C16H24N4. The van der Waals surface area contributed by atoms with E-state index in [1.807, 2.05) is 0 Å². The Hall–Kier alpha value is -1.58. The van der Waals surface area contributed by atoms with E-state index in [0.717, 1.165) is 25.1 Å². The van der Waals surface area contributed by atoms with Gasteiger partial charge in [0, 0.05) is 11.9 Å². The molecule has 0 bridgehead atoms. The molecule has 0 amide bonds. The molecule has 0 spiro atoms. The molecule has 3 rings (SSSR count). The monoisotopic (exact) mass is 272 g/mol. The maximum absolute atomic E-state index is 4.75. The second-order valence-electron chi connectivity index (χ2n) is 5.72. The van der Waals surface area contributed by atoms with Crippen LogP contribution in [0.5, 0.6) is 0 Å². The minimum Gasteiger partial charge on any atom is -0.269 e. The van der Waals surface area contributed by atoms with Crippen LogP contribution in [0.3, 0.4) is 0 Å². The first kappa shape index (κ1) is 13.4. The lowest BCUT2D eigenvalue weighted by Crippen LogP contribution is -2.09. The van der Waals surface area contributed by atoms with E-state index in [-0.39, 0.29) is 0 Å². The number of nitrogens with zero attached hydrogens (tertiary/aromatic N) is 4. The predicted molar refractivity (Wildman–Crippen MR) is 79.8 cm³/mol. The van der Waals surface area contributed by atoms with Gasteiger partial charge < -0.3 is 0 Å². The topological polar surface area (TPSA) is 35.6 Å². The van der Waals surface area contributed by atoms with Crippen LogP contribution in [0.15, 0.2) is 18.3 Å². The molecule has 1 aliphatic carbocycles. The SMILES string of the molecule is CCc1cc(CC)n(Cc2ccn(C3CCCC3)n2)n1. The highest BCUT2D eigenvalue weighted by molar-refractivity contribution is 5.12. The van der Waals surface area contributed by atoms with Gasteiger partial charge in [-0.25, -0.2) is 0 Å². The number of aromatic nitrogens is 4. The Morgan fingerprint density at radius 1 is 1.10 bits per heavy atom. The molecule has 20 heavy (non-hydrogen) atoms. The van der Waals surface area contributed by atoms with Crippen molar-refractivity contribution in [2.75, 3.05) is 0 Å². The molecule has 1 saturated carbocycles. The maximum Gasteiger partial charge on any atom is 0.0853 e. The van der Waals surface area contributed by atoms with E-state index in [4.69, 9.17) is 5.10 Å². The van der Waals surface area contributed by atoms with Crippen LogP contribution in [0, 0.1) is 0 Å². The van der Waals surface area contributed by atoms with Gasteiger partial charge in [-0.05, 0) is 37.8 Å². The van der Waals surface area contributed by atoms with E-state index in [1.54, 1.807) is 0 Å². The molecule has 1 fully saturated rings. The van der Waals surface area contributed by atoms with Crippen molar-refractivity contribution >= 4 is 0 Å². The first-order valence-corrected chi connectivity index (χ1v) is 7.89. The zero-order chi connectivity index (χ0) is 13.9. The van der Waals surface area contributed by atoms with Gasteiger partial charge in [-0.2, -0.15) is 10.2 Å². The molecule has 0 atom stereocenters. The van der Waals surface area contributed by atoms with Gasteiger partial charge in [0.25, 0.3) is 0 Å². The average Bonchev–Trinajstić information content (AvgIpc) is 3.19. The summed E-state index contributed by atoms with van der Waals surface area (Å²) in [6.45, 7) is 5.13. The minimum absolute atomic E-state index is 0.623. The van der Waals surface area contributed by atoms with E-state index in [1.165, 1.54) is 37.1 Å². The van der Waals surface area contributed by atoms with Gasteiger partial charge in [0.2, 0.25) is 0 Å². The fourth-order valence-corrected chi connectivity index (χ4v) is 3.10. The van der Waals surface area contributed by atoms with Crippen LogP contribution < -0.4 is 0 Å². The van der Waals surface area contributed by atoms with Gasteiger partial charge in [0.05, 0.1) is 24.0 Å². The number of aryl methyl sites for hydroxylation is 2. The Labute approximate surface area is 120 Å². The molecule has 108 valence electrons. The van der Waals surface area contributed by atoms with E-state index in [9.17, 15) is 0 Å². The summed E-state index contributed by atoms with van der Waals surface area (Å²) in [5.41, 5.74) is 3.60. The Bertz CT molecular complexity index is 561. The normalized spacial score (nSPS) is 16.1. The molecule has 1 aliphatic rings. The van der Waals surface area contributed by atoms with E-state index in [2.05, 4.69) is 46.6 Å². The van der Waals surface area contributed by atoms with Crippen molar-refractivity contribution in [3.8, 4) is 0 Å². The first-order chi connectivity index (χ1) is 9.80. The van der Waals surface area contributed by atoms with Crippen molar-refractivity contribution < 1.29 is 0 Å². The van der Waals surface area contributed by atoms with Gasteiger partial charge in [-0.15, -0.1) is 0 Å². The molecule has 0 aliphatic heterocycles. The number of hydrogen-bond donors (Lipinski definition) is 0. The number of rotatable bonds is 5. The van der Waals surface area contributed by atoms with Gasteiger partial charge >= 0.3 is 0 Å². The molecule has 4 nitrogen and oxygen atoms in total. The zero-order valence-electron chi connectivity index (χ0n) is 12.5. The van der Waals surface area contributed by atoms with Gasteiger partial charge in [0.15, 0.2) is 0 Å². The fourth-order valence-electron chi connectivity index (χ4n) is 3.10. The second kappa shape index (κ2) is 5.81. The van der Waals surface area contributed by atoms with Crippen molar-refractivity contribution in [3.63, 3.8) is 0 Å². The highest BCUT2D eigenvalue weighted by Gasteiger charge is 2.17. The Morgan fingerprint density at radius 3 is 2.60 bits per heavy atom. The predicted octanol–water partition coefficient (Wildman–Crippen LogP) is 3.37. The third-order valence-corrected chi connectivity index (χ3v) is 4.31. The molecule has 0 radical (unpaired) electrons. The lowest BCUT2D eigenvalue weighted by atomic mass is 10.2. The summed E-state index contributed by atoms with van der Waals surface area (Å²) in [6.07, 6.45) is 9.41. The quantitative estimate of drug-likeness (QED) is 0.836. The third kappa shape index (κ3) is 2.65. The number of hydrogen-bond acceptors (Lipinski definition) is 2. The Balaban J connectivity index is 1.75. The fraction of sp³-hybridized carbons (Fsp3) is 0.625. The zero-order valence-corrected chi connectivity index (χ0v) is 12.5.